The van der Waals surface area contributed by atoms with E-state index in [-0.39, 0.29) is 23.1 Å². The molecule has 0 unspecified atom stereocenters. The maximum absolute atomic E-state index is 2.73. The summed E-state index contributed by atoms with van der Waals surface area (Å²) in [7, 11) is 0. The maximum Gasteiger partial charge on any atom is 0.334 e. The Balaban J connectivity index is 1.35. The number of thiophene rings is 1. The molecule has 242 valence electrons. The molecule has 0 saturated heterocycles. The molecule has 1 aliphatic carbocycles. The van der Waals surface area contributed by atoms with Gasteiger partial charge in [0.05, 0.1) is 10.7 Å². The van der Waals surface area contributed by atoms with Crippen molar-refractivity contribution in [3.63, 3.8) is 0 Å². The predicted molar refractivity (Wildman–Crippen MR) is 212 cm³/mol. The van der Waals surface area contributed by atoms with E-state index in [9.17, 15) is 0 Å². The van der Waals surface area contributed by atoms with Crippen LogP contribution in [0.4, 0.5) is 27.8 Å². The van der Waals surface area contributed by atoms with Crippen LogP contribution in [0.2, 0.25) is 0 Å². The summed E-state index contributed by atoms with van der Waals surface area (Å²) in [5.41, 5.74) is 19.6. The van der Waals surface area contributed by atoms with Crippen LogP contribution >= 0.6 is 11.3 Å². The standard InChI is InChI=1S/C45H43BN2S/c1-26-22-30-28-15-13-17-32-41(28)48(35-18-11-10-16-31(35)45(32,7)8)46-39(30)37(23-26)47(42-40(46)29-14-9-12-19-38(29)49-42)36-25-34-33(24-27(36)2)43(3,4)20-21-44(34,5)6/h9-19,22-25H,20-21H2,1-8H3. The largest absolute Gasteiger partial charge is 0.376 e. The van der Waals surface area contributed by atoms with Crippen LogP contribution in [0.1, 0.15) is 87.8 Å². The summed E-state index contributed by atoms with van der Waals surface area (Å²) in [4.78, 5) is 5.40. The minimum absolute atomic E-state index is 0.0622. The fraction of sp³-hybridized carbons (Fsp3) is 0.289. The number of anilines is 5. The van der Waals surface area contributed by atoms with Gasteiger partial charge in [-0.15, -0.1) is 11.3 Å². The third-order valence-electron chi connectivity index (χ3n) is 12.7. The monoisotopic (exact) mass is 654 g/mol. The van der Waals surface area contributed by atoms with Crippen molar-refractivity contribution in [3.8, 4) is 11.1 Å². The second-order valence-electron chi connectivity index (χ2n) is 17.0. The van der Waals surface area contributed by atoms with Crippen LogP contribution in [-0.2, 0) is 16.2 Å². The van der Waals surface area contributed by atoms with Gasteiger partial charge in [-0.1, -0.05) is 108 Å². The second kappa shape index (κ2) is 9.49. The summed E-state index contributed by atoms with van der Waals surface area (Å²) in [6, 6.07) is 35.4. The first kappa shape index (κ1) is 29.6. The minimum atomic E-state index is -0.107. The normalized spacial score (nSPS) is 18.4. The van der Waals surface area contributed by atoms with Crippen LogP contribution in [0, 0.1) is 13.8 Å². The van der Waals surface area contributed by atoms with Crippen LogP contribution in [0.25, 0.3) is 21.2 Å². The number of hydrogen-bond donors (Lipinski definition) is 0. The quantitative estimate of drug-likeness (QED) is 0.163. The van der Waals surface area contributed by atoms with Crippen molar-refractivity contribution in [1.29, 1.82) is 0 Å². The Bertz CT molecular complexity index is 2430. The molecule has 3 aliphatic heterocycles. The van der Waals surface area contributed by atoms with Crippen LogP contribution in [-0.4, -0.2) is 6.85 Å². The SMILES string of the molecule is Cc1cc2c3c(c1)N(c1cc4c(cc1C)C(C)(C)CCC4(C)C)c1sc4ccccc4c1B3N1c3ccccc3C(C)(C)c3cccc-2c31. The zero-order valence-corrected chi connectivity index (χ0v) is 30.8. The van der Waals surface area contributed by atoms with E-state index in [4.69, 9.17) is 0 Å². The summed E-state index contributed by atoms with van der Waals surface area (Å²) in [6.45, 7) is 19.3. The molecule has 1 aromatic heterocycles. The lowest BCUT2D eigenvalue weighted by Gasteiger charge is -2.51. The first-order valence-electron chi connectivity index (χ1n) is 18.0. The summed E-state index contributed by atoms with van der Waals surface area (Å²) in [5.74, 6) is 0. The smallest absolute Gasteiger partial charge is 0.334 e. The van der Waals surface area contributed by atoms with Gasteiger partial charge >= 0.3 is 6.85 Å². The highest BCUT2D eigenvalue weighted by Crippen LogP contribution is 2.57. The summed E-state index contributed by atoms with van der Waals surface area (Å²) in [5, 5.41) is 2.73. The first-order chi connectivity index (χ1) is 23.4. The highest BCUT2D eigenvalue weighted by molar-refractivity contribution is 7.26. The number of fused-ring (bicyclic) bond motifs is 9. The van der Waals surface area contributed by atoms with Gasteiger partial charge in [0.2, 0.25) is 0 Å². The van der Waals surface area contributed by atoms with Crippen molar-refractivity contribution >= 4 is 66.9 Å². The van der Waals surface area contributed by atoms with Gasteiger partial charge in [-0.05, 0) is 117 Å². The van der Waals surface area contributed by atoms with Crippen molar-refractivity contribution in [2.24, 2.45) is 0 Å². The molecule has 10 rings (SSSR count). The average molecular weight is 655 g/mol. The summed E-state index contributed by atoms with van der Waals surface area (Å²) in [6.07, 6.45) is 2.42. The number of rotatable bonds is 1. The zero-order valence-electron chi connectivity index (χ0n) is 30.0. The fourth-order valence-corrected chi connectivity index (χ4v) is 11.2. The van der Waals surface area contributed by atoms with Crippen LogP contribution in [0.3, 0.4) is 0 Å². The molecule has 6 aromatic rings. The highest BCUT2D eigenvalue weighted by atomic mass is 32.1. The molecule has 0 N–H and O–H groups in total. The Morgan fingerprint density at radius 2 is 1.31 bits per heavy atom. The third-order valence-corrected chi connectivity index (χ3v) is 13.8. The molecular weight excluding hydrogens is 611 g/mol. The molecule has 0 atom stereocenters. The van der Waals surface area contributed by atoms with Crippen molar-refractivity contribution in [1.82, 2.24) is 0 Å². The fourth-order valence-electron chi connectivity index (χ4n) is 9.93. The second-order valence-corrected chi connectivity index (χ2v) is 18.0. The van der Waals surface area contributed by atoms with E-state index < -0.39 is 0 Å². The van der Waals surface area contributed by atoms with Gasteiger partial charge in [0, 0.05) is 32.7 Å². The van der Waals surface area contributed by atoms with Crippen LogP contribution in [0.5, 0.6) is 0 Å². The van der Waals surface area contributed by atoms with Gasteiger partial charge < -0.3 is 9.71 Å². The molecule has 4 aliphatic rings. The minimum Gasteiger partial charge on any atom is -0.376 e. The molecule has 49 heavy (non-hydrogen) atoms. The van der Waals surface area contributed by atoms with Gasteiger partial charge in [0.25, 0.3) is 0 Å². The van der Waals surface area contributed by atoms with Gasteiger partial charge in [0.15, 0.2) is 0 Å². The van der Waals surface area contributed by atoms with Gasteiger partial charge in [-0.25, -0.2) is 0 Å². The Morgan fingerprint density at radius 1 is 0.612 bits per heavy atom. The lowest BCUT2D eigenvalue weighted by Crippen LogP contribution is -2.62. The lowest BCUT2D eigenvalue weighted by atomic mass is 9.42. The summed E-state index contributed by atoms with van der Waals surface area (Å²) >= 11 is 1.96. The van der Waals surface area contributed by atoms with Crippen molar-refractivity contribution in [2.45, 2.75) is 84.5 Å². The molecule has 5 aromatic carbocycles. The Morgan fingerprint density at radius 3 is 2.10 bits per heavy atom. The molecule has 2 nitrogen and oxygen atoms in total. The van der Waals surface area contributed by atoms with Crippen molar-refractivity contribution in [3.05, 3.63) is 124 Å². The Labute approximate surface area is 295 Å². The molecule has 4 heteroatoms. The van der Waals surface area contributed by atoms with Gasteiger partial charge in [0.1, 0.15) is 0 Å². The molecule has 0 fully saturated rings. The number of hydrogen-bond acceptors (Lipinski definition) is 3. The van der Waals surface area contributed by atoms with E-state index in [0.29, 0.717) is 0 Å². The number of benzene rings is 5. The zero-order chi connectivity index (χ0) is 33.8. The number of nitrogens with zero attached hydrogens (tertiary/aromatic N) is 2. The number of para-hydroxylation sites is 2. The third kappa shape index (κ3) is 3.74. The molecular formula is C45H43BN2S. The van der Waals surface area contributed by atoms with E-state index in [1.165, 1.54) is 106 Å². The van der Waals surface area contributed by atoms with E-state index in [2.05, 4.69) is 156 Å². The van der Waals surface area contributed by atoms with Crippen molar-refractivity contribution in [2.75, 3.05) is 9.71 Å². The molecule has 0 amide bonds. The first-order valence-corrected chi connectivity index (χ1v) is 18.8. The van der Waals surface area contributed by atoms with Gasteiger partial charge in [-0.3, -0.25) is 0 Å². The molecule has 0 radical (unpaired) electrons. The molecule has 0 bridgehead atoms. The predicted octanol–water partition coefficient (Wildman–Crippen LogP) is 11.2. The van der Waals surface area contributed by atoms with E-state index in [1.807, 2.05) is 11.3 Å². The topological polar surface area (TPSA) is 6.48 Å². The van der Waals surface area contributed by atoms with Crippen molar-refractivity contribution < 1.29 is 0 Å². The Kier molecular flexibility index (Phi) is 5.74. The lowest BCUT2D eigenvalue weighted by molar-refractivity contribution is 0.332. The molecule has 0 spiro atoms. The van der Waals surface area contributed by atoms with Gasteiger partial charge in [-0.2, -0.15) is 0 Å². The van der Waals surface area contributed by atoms with E-state index in [0.717, 1.165) is 0 Å². The average Bonchev–Trinajstić information content (AvgIpc) is 3.46. The van der Waals surface area contributed by atoms with E-state index >= 15 is 0 Å². The number of aryl methyl sites for hydroxylation is 2. The summed E-state index contributed by atoms with van der Waals surface area (Å²) < 4.78 is 1.35. The van der Waals surface area contributed by atoms with E-state index in [1.54, 1.807) is 0 Å². The maximum atomic E-state index is 2.73. The highest BCUT2D eigenvalue weighted by Gasteiger charge is 2.51. The Hall–Kier alpha value is -4.28. The molecule has 4 heterocycles. The van der Waals surface area contributed by atoms with Crippen LogP contribution in [0.15, 0.2) is 91.0 Å². The van der Waals surface area contributed by atoms with Crippen LogP contribution < -0.4 is 20.6 Å². The molecule has 0 saturated carbocycles.